The highest BCUT2D eigenvalue weighted by Gasteiger charge is 2.15. The van der Waals surface area contributed by atoms with Gasteiger partial charge in [0.25, 0.3) is 0 Å². The molecule has 0 aliphatic carbocycles. The average Bonchev–Trinajstić information content (AvgIpc) is 3.11. The molecule has 1 atom stereocenters. The van der Waals surface area contributed by atoms with Gasteiger partial charge in [-0.3, -0.25) is 4.79 Å². The molecule has 1 unspecified atom stereocenters. The third-order valence-corrected chi connectivity index (χ3v) is 4.64. The first-order chi connectivity index (χ1) is 14.0. The van der Waals surface area contributed by atoms with E-state index in [1.54, 1.807) is 19.4 Å². The van der Waals surface area contributed by atoms with E-state index in [9.17, 15) is 4.79 Å². The van der Waals surface area contributed by atoms with Gasteiger partial charge in [0.2, 0.25) is 5.91 Å². The van der Waals surface area contributed by atoms with Crippen molar-refractivity contribution in [2.24, 2.45) is 0 Å². The van der Waals surface area contributed by atoms with E-state index in [4.69, 9.17) is 13.9 Å². The number of carbonyl (C=O) groups excluding carboxylic acids is 1. The average molecular weight is 393 g/mol. The van der Waals surface area contributed by atoms with Crippen LogP contribution in [0.5, 0.6) is 5.75 Å². The Labute approximate surface area is 171 Å². The molecule has 1 amide bonds. The first kappa shape index (κ1) is 20.7. The predicted octanol–water partition coefficient (Wildman–Crippen LogP) is 5.05. The van der Waals surface area contributed by atoms with Crippen LogP contribution < -0.4 is 10.1 Å². The number of hydrogen-bond donors (Lipinski definition) is 1. The second-order valence-corrected chi connectivity index (χ2v) is 6.99. The van der Waals surface area contributed by atoms with Crippen molar-refractivity contribution in [2.75, 3.05) is 20.3 Å². The molecule has 1 heterocycles. The molecular formula is C24H27NO4. The third-order valence-electron chi connectivity index (χ3n) is 4.64. The summed E-state index contributed by atoms with van der Waals surface area (Å²) in [6.45, 7) is 6.73. The third kappa shape index (κ3) is 4.87. The molecule has 2 aromatic carbocycles. The SMILES string of the molecule is CCOc1cc2occ(-c3ccccc3)c2cc1/C(C)=C/C(=O)NC(C)COC. The Balaban J connectivity index is 2.01. The fraction of sp³-hybridized carbons (Fsp3) is 0.292. The minimum atomic E-state index is -0.162. The standard InChI is InChI=1S/C24H27NO4/c1-5-28-22-13-23-20(21(15-29-23)18-9-7-6-8-10-18)12-19(22)16(2)11-24(26)25-17(3)14-27-4/h6-13,15,17H,5,14H2,1-4H3,(H,25,26)/b16-11+. The van der Waals surface area contributed by atoms with Gasteiger partial charge in [-0.05, 0) is 38.0 Å². The van der Waals surface area contributed by atoms with Crippen LogP contribution in [0, 0.1) is 0 Å². The summed E-state index contributed by atoms with van der Waals surface area (Å²) in [6.07, 6.45) is 3.36. The molecule has 0 saturated heterocycles. The number of amides is 1. The molecule has 0 radical (unpaired) electrons. The summed E-state index contributed by atoms with van der Waals surface area (Å²) in [5.74, 6) is 0.533. The Bertz CT molecular complexity index is 1000. The fourth-order valence-corrected chi connectivity index (χ4v) is 3.33. The van der Waals surface area contributed by atoms with E-state index < -0.39 is 0 Å². The van der Waals surface area contributed by atoms with Crippen molar-refractivity contribution < 1.29 is 18.7 Å². The Morgan fingerprint density at radius 2 is 2.00 bits per heavy atom. The van der Waals surface area contributed by atoms with E-state index in [1.165, 1.54) is 0 Å². The fourth-order valence-electron chi connectivity index (χ4n) is 3.33. The van der Waals surface area contributed by atoms with Gasteiger partial charge in [-0.15, -0.1) is 0 Å². The molecule has 152 valence electrons. The van der Waals surface area contributed by atoms with Gasteiger partial charge in [-0.1, -0.05) is 30.3 Å². The van der Waals surface area contributed by atoms with Crippen LogP contribution in [0.2, 0.25) is 0 Å². The molecule has 3 aromatic rings. The van der Waals surface area contributed by atoms with Gasteiger partial charge < -0.3 is 19.2 Å². The normalized spacial score (nSPS) is 12.8. The van der Waals surface area contributed by atoms with Gasteiger partial charge in [-0.2, -0.15) is 0 Å². The first-order valence-corrected chi connectivity index (χ1v) is 9.75. The zero-order valence-electron chi connectivity index (χ0n) is 17.3. The van der Waals surface area contributed by atoms with Crippen molar-refractivity contribution in [3.8, 4) is 16.9 Å². The van der Waals surface area contributed by atoms with Crippen molar-refractivity contribution in [3.63, 3.8) is 0 Å². The molecule has 29 heavy (non-hydrogen) atoms. The second-order valence-electron chi connectivity index (χ2n) is 6.99. The summed E-state index contributed by atoms with van der Waals surface area (Å²) in [6, 6.07) is 13.9. The number of carbonyl (C=O) groups is 1. The number of ether oxygens (including phenoxy) is 2. The molecule has 0 aliphatic rings. The number of allylic oxidation sites excluding steroid dienone is 1. The van der Waals surface area contributed by atoms with E-state index >= 15 is 0 Å². The molecule has 0 bridgehead atoms. The van der Waals surface area contributed by atoms with Gasteiger partial charge in [0, 0.05) is 41.8 Å². The zero-order chi connectivity index (χ0) is 20.8. The lowest BCUT2D eigenvalue weighted by Gasteiger charge is -2.13. The van der Waals surface area contributed by atoms with E-state index in [-0.39, 0.29) is 11.9 Å². The molecule has 0 aliphatic heterocycles. The van der Waals surface area contributed by atoms with Crippen LogP contribution in [0.15, 0.2) is 59.2 Å². The van der Waals surface area contributed by atoms with Crippen molar-refractivity contribution in [1.29, 1.82) is 0 Å². The van der Waals surface area contributed by atoms with E-state index in [2.05, 4.69) is 5.32 Å². The lowest BCUT2D eigenvalue weighted by Crippen LogP contribution is -2.34. The van der Waals surface area contributed by atoms with Gasteiger partial charge in [0.15, 0.2) is 0 Å². The maximum absolute atomic E-state index is 12.4. The highest BCUT2D eigenvalue weighted by atomic mass is 16.5. The topological polar surface area (TPSA) is 60.7 Å². The van der Waals surface area contributed by atoms with Crippen LogP contribution in [0.1, 0.15) is 26.3 Å². The zero-order valence-corrected chi connectivity index (χ0v) is 17.3. The summed E-state index contributed by atoms with van der Waals surface area (Å²) in [4.78, 5) is 12.4. The van der Waals surface area contributed by atoms with Gasteiger partial charge in [0.1, 0.15) is 11.3 Å². The van der Waals surface area contributed by atoms with E-state index in [1.807, 2.05) is 63.2 Å². The molecule has 0 fully saturated rings. The Kier molecular flexibility index (Phi) is 6.73. The Morgan fingerprint density at radius 1 is 1.24 bits per heavy atom. The van der Waals surface area contributed by atoms with Crippen molar-refractivity contribution in [1.82, 2.24) is 5.32 Å². The monoisotopic (exact) mass is 393 g/mol. The molecule has 1 aromatic heterocycles. The minimum Gasteiger partial charge on any atom is -0.493 e. The van der Waals surface area contributed by atoms with Gasteiger partial charge >= 0.3 is 0 Å². The number of furan rings is 1. The highest BCUT2D eigenvalue weighted by Crippen LogP contribution is 2.37. The number of fused-ring (bicyclic) bond motifs is 1. The molecule has 0 saturated carbocycles. The Morgan fingerprint density at radius 3 is 2.69 bits per heavy atom. The first-order valence-electron chi connectivity index (χ1n) is 9.75. The lowest BCUT2D eigenvalue weighted by molar-refractivity contribution is -0.117. The summed E-state index contributed by atoms with van der Waals surface area (Å²) in [5, 5.41) is 3.88. The van der Waals surface area contributed by atoms with Crippen molar-refractivity contribution >= 4 is 22.4 Å². The van der Waals surface area contributed by atoms with Crippen LogP contribution in [0.25, 0.3) is 27.7 Å². The number of hydrogen-bond acceptors (Lipinski definition) is 4. The number of nitrogens with one attached hydrogen (secondary N) is 1. The molecule has 5 nitrogen and oxygen atoms in total. The summed E-state index contributed by atoms with van der Waals surface area (Å²) in [7, 11) is 1.61. The minimum absolute atomic E-state index is 0.0658. The largest absolute Gasteiger partial charge is 0.493 e. The van der Waals surface area contributed by atoms with E-state index in [0.29, 0.717) is 19.0 Å². The van der Waals surface area contributed by atoms with Crippen LogP contribution in [0.3, 0.4) is 0 Å². The molecular weight excluding hydrogens is 366 g/mol. The van der Waals surface area contributed by atoms with Crippen molar-refractivity contribution in [3.05, 3.63) is 60.4 Å². The quantitative estimate of drug-likeness (QED) is 0.544. The van der Waals surface area contributed by atoms with Gasteiger partial charge in [0.05, 0.1) is 19.5 Å². The maximum atomic E-state index is 12.4. The smallest absolute Gasteiger partial charge is 0.244 e. The van der Waals surface area contributed by atoms with E-state index in [0.717, 1.165) is 33.2 Å². The number of methoxy groups -OCH3 is 1. The van der Waals surface area contributed by atoms with Crippen LogP contribution in [-0.4, -0.2) is 32.3 Å². The predicted molar refractivity (Wildman–Crippen MR) is 116 cm³/mol. The molecule has 0 spiro atoms. The van der Waals surface area contributed by atoms with Crippen molar-refractivity contribution in [2.45, 2.75) is 26.8 Å². The van der Waals surface area contributed by atoms with Crippen LogP contribution in [-0.2, 0) is 9.53 Å². The van der Waals surface area contributed by atoms with Crippen LogP contribution >= 0.6 is 0 Å². The molecule has 5 heteroatoms. The van der Waals surface area contributed by atoms with Crippen LogP contribution in [0.4, 0.5) is 0 Å². The second kappa shape index (κ2) is 9.43. The summed E-state index contributed by atoms with van der Waals surface area (Å²) in [5.41, 5.74) is 4.53. The molecule has 1 N–H and O–H groups in total. The lowest BCUT2D eigenvalue weighted by atomic mass is 9.99. The summed E-state index contributed by atoms with van der Waals surface area (Å²) < 4.78 is 16.7. The van der Waals surface area contributed by atoms with Gasteiger partial charge in [-0.25, -0.2) is 0 Å². The molecule has 3 rings (SSSR count). The Hall–Kier alpha value is -3.05. The number of benzene rings is 2. The number of rotatable bonds is 8. The highest BCUT2D eigenvalue weighted by molar-refractivity contribution is 6.00. The maximum Gasteiger partial charge on any atom is 0.244 e. The summed E-state index contributed by atoms with van der Waals surface area (Å²) >= 11 is 0.